The maximum absolute atomic E-state index is 13.0. The minimum Gasteiger partial charge on any atom is -0.337 e. The number of amides is 1. The van der Waals surface area contributed by atoms with Gasteiger partial charge in [0, 0.05) is 25.6 Å². The van der Waals surface area contributed by atoms with Crippen molar-refractivity contribution in [2.45, 2.75) is 38.8 Å². The van der Waals surface area contributed by atoms with Gasteiger partial charge in [-0.25, -0.2) is 9.48 Å². The quantitative estimate of drug-likeness (QED) is 0.444. The van der Waals surface area contributed by atoms with Crippen LogP contribution in [-0.2, 0) is 13.1 Å². The van der Waals surface area contributed by atoms with Gasteiger partial charge in [-0.05, 0) is 37.5 Å². The highest BCUT2D eigenvalue weighted by Gasteiger charge is 2.29. The minimum absolute atomic E-state index is 0.0858. The largest absolute Gasteiger partial charge is 0.346 e. The van der Waals surface area contributed by atoms with Crippen LogP contribution < -0.4 is 5.69 Å². The van der Waals surface area contributed by atoms with E-state index < -0.39 is 0 Å². The summed E-state index contributed by atoms with van der Waals surface area (Å²) in [6.45, 7) is 4.17. The van der Waals surface area contributed by atoms with Crippen molar-refractivity contribution in [1.82, 2.24) is 34.2 Å². The monoisotopic (exact) mass is 457 g/mol. The lowest BCUT2D eigenvalue weighted by Crippen LogP contribution is -2.38. The third-order valence-corrected chi connectivity index (χ3v) is 6.29. The third kappa shape index (κ3) is 4.28. The zero-order chi connectivity index (χ0) is 23.5. The van der Waals surface area contributed by atoms with E-state index in [1.807, 2.05) is 72.5 Å². The smallest absolute Gasteiger partial charge is 0.337 e. The van der Waals surface area contributed by atoms with Crippen LogP contribution in [0.15, 0.2) is 71.7 Å². The number of rotatable bonds is 6. The second kappa shape index (κ2) is 9.46. The van der Waals surface area contributed by atoms with Crippen molar-refractivity contribution < 1.29 is 4.79 Å². The van der Waals surface area contributed by atoms with Gasteiger partial charge in [0.05, 0.1) is 18.4 Å². The van der Waals surface area contributed by atoms with Crippen LogP contribution in [0.4, 0.5) is 0 Å². The van der Waals surface area contributed by atoms with Crippen molar-refractivity contribution >= 4 is 5.91 Å². The Morgan fingerprint density at radius 2 is 1.65 bits per heavy atom. The number of hydrogen-bond donors (Lipinski definition) is 0. The molecule has 0 saturated carbocycles. The second-order valence-electron chi connectivity index (χ2n) is 8.45. The number of carbonyl (C=O) groups is 1. The number of benzene rings is 2. The van der Waals surface area contributed by atoms with Crippen LogP contribution in [0, 0.1) is 0 Å². The number of piperidine rings is 1. The normalized spacial score (nSPS) is 14.4. The van der Waals surface area contributed by atoms with Crippen LogP contribution >= 0.6 is 0 Å². The van der Waals surface area contributed by atoms with E-state index in [4.69, 9.17) is 5.10 Å². The molecule has 0 bridgehead atoms. The fourth-order valence-electron chi connectivity index (χ4n) is 4.47. The molecule has 1 saturated heterocycles. The van der Waals surface area contributed by atoms with Gasteiger partial charge in [0.2, 0.25) is 0 Å². The van der Waals surface area contributed by atoms with E-state index >= 15 is 0 Å². The maximum Gasteiger partial charge on any atom is 0.346 e. The van der Waals surface area contributed by atoms with E-state index in [0.717, 1.165) is 29.9 Å². The van der Waals surface area contributed by atoms with Gasteiger partial charge in [0.1, 0.15) is 5.82 Å². The summed E-state index contributed by atoms with van der Waals surface area (Å²) in [6.07, 6.45) is 3.02. The van der Waals surface area contributed by atoms with Crippen molar-refractivity contribution in [3.05, 3.63) is 94.4 Å². The SMILES string of the molecule is CCn1c(C2CCN(C(=O)c3cnn(-c4ccccc4)n3)CC2)nn(Cc2ccccc2)c1=O. The Bertz CT molecular complexity index is 1320. The van der Waals surface area contributed by atoms with E-state index in [0.29, 0.717) is 31.9 Å². The standard InChI is InChI=1S/C25H27N7O2/c1-2-30-23(28-31(25(30)34)18-19-9-5-3-6-10-19)20-13-15-29(16-14-20)24(33)22-17-26-32(27-22)21-11-7-4-8-12-21/h3-12,17,20H,2,13-16,18H2,1H3. The molecule has 0 aliphatic carbocycles. The predicted molar refractivity (Wildman–Crippen MR) is 127 cm³/mol. The first-order valence-corrected chi connectivity index (χ1v) is 11.6. The van der Waals surface area contributed by atoms with Gasteiger partial charge in [-0.3, -0.25) is 9.36 Å². The maximum atomic E-state index is 13.0. The minimum atomic E-state index is -0.122. The molecular weight excluding hydrogens is 430 g/mol. The molecule has 9 nitrogen and oxygen atoms in total. The molecule has 0 radical (unpaired) electrons. The Morgan fingerprint density at radius 3 is 2.32 bits per heavy atom. The molecule has 5 rings (SSSR count). The van der Waals surface area contributed by atoms with Crippen molar-refractivity contribution in [2.75, 3.05) is 13.1 Å². The highest BCUT2D eigenvalue weighted by Crippen LogP contribution is 2.27. The van der Waals surface area contributed by atoms with E-state index in [-0.39, 0.29) is 17.5 Å². The van der Waals surface area contributed by atoms with Crippen LogP contribution in [0.5, 0.6) is 0 Å². The average Bonchev–Trinajstić information content (AvgIpc) is 3.50. The second-order valence-corrected chi connectivity index (χ2v) is 8.45. The summed E-state index contributed by atoms with van der Waals surface area (Å²) in [5.41, 5.74) is 2.10. The highest BCUT2D eigenvalue weighted by molar-refractivity contribution is 5.92. The zero-order valence-corrected chi connectivity index (χ0v) is 19.1. The Kier molecular flexibility index (Phi) is 6.07. The molecular formula is C25H27N7O2. The zero-order valence-electron chi connectivity index (χ0n) is 19.1. The predicted octanol–water partition coefficient (Wildman–Crippen LogP) is 2.71. The number of carbonyl (C=O) groups excluding carboxylic acids is 1. The first-order chi connectivity index (χ1) is 16.6. The molecule has 3 heterocycles. The first kappa shape index (κ1) is 21.8. The molecule has 0 N–H and O–H groups in total. The highest BCUT2D eigenvalue weighted by atomic mass is 16.2. The number of aromatic nitrogens is 6. The molecule has 0 unspecified atom stereocenters. The fraction of sp³-hybridized carbons (Fsp3) is 0.320. The first-order valence-electron chi connectivity index (χ1n) is 11.6. The van der Waals surface area contributed by atoms with Crippen LogP contribution in [0.25, 0.3) is 5.69 Å². The number of para-hydroxylation sites is 1. The van der Waals surface area contributed by atoms with Crippen LogP contribution in [-0.4, -0.2) is 53.2 Å². The summed E-state index contributed by atoms with van der Waals surface area (Å²) in [5, 5.41) is 13.3. The van der Waals surface area contributed by atoms with Gasteiger partial charge >= 0.3 is 5.69 Å². The molecule has 34 heavy (non-hydrogen) atoms. The molecule has 1 aliphatic heterocycles. The summed E-state index contributed by atoms with van der Waals surface area (Å²) in [6, 6.07) is 19.4. The molecule has 1 aliphatic rings. The summed E-state index contributed by atoms with van der Waals surface area (Å²) in [7, 11) is 0. The van der Waals surface area contributed by atoms with E-state index in [9.17, 15) is 9.59 Å². The van der Waals surface area contributed by atoms with E-state index in [2.05, 4.69) is 10.2 Å². The Balaban J connectivity index is 1.27. The Labute approximate surface area is 197 Å². The van der Waals surface area contributed by atoms with E-state index in [1.165, 1.54) is 11.0 Å². The van der Waals surface area contributed by atoms with Gasteiger partial charge in [0.25, 0.3) is 5.91 Å². The van der Waals surface area contributed by atoms with Gasteiger partial charge in [-0.2, -0.15) is 15.0 Å². The third-order valence-electron chi connectivity index (χ3n) is 6.29. The van der Waals surface area contributed by atoms with Crippen LogP contribution in [0.3, 0.4) is 0 Å². The van der Waals surface area contributed by atoms with Gasteiger partial charge in [-0.1, -0.05) is 48.5 Å². The molecule has 0 atom stereocenters. The molecule has 4 aromatic rings. The summed E-state index contributed by atoms with van der Waals surface area (Å²) >= 11 is 0. The number of nitrogens with zero attached hydrogens (tertiary/aromatic N) is 7. The Morgan fingerprint density at radius 1 is 0.971 bits per heavy atom. The average molecular weight is 458 g/mol. The lowest BCUT2D eigenvalue weighted by Gasteiger charge is -2.31. The van der Waals surface area contributed by atoms with Gasteiger partial charge < -0.3 is 4.90 Å². The molecule has 1 amide bonds. The molecule has 2 aromatic heterocycles. The van der Waals surface area contributed by atoms with E-state index in [1.54, 1.807) is 9.25 Å². The van der Waals surface area contributed by atoms with Crippen molar-refractivity contribution in [1.29, 1.82) is 0 Å². The lowest BCUT2D eigenvalue weighted by atomic mass is 9.95. The van der Waals surface area contributed by atoms with Crippen LogP contribution in [0.1, 0.15) is 47.6 Å². The molecule has 9 heteroatoms. The van der Waals surface area contributed by atoms with Crippen molar-refractivity contribution in [3.63, 3.8) is 0 Å². The molecule has 0 spiro atoms. The van der Waals surface area contributed by atoms with Gasteiger partial charge in [-0.15, -0.1) is 5.10 Å². The fourth-order valence-corrected chi connectivity index (χ4v) is 4.47. The molecule has 1 fully saturated rings. The molecule has 2 aromatic carbocycles. The Hall–Kier alpha value is -4.01. The molecule has 174 valence electrons. The number of likely N-dealkylation sites (tertiary alicyclic amines) is 1. The summed E-state index contributed by atoms with van der Waals surface area (Å²) in [5.74, 6) is 0.822. The lowest BCUT2D eigenvalue weighted by molar-refractivity contribution is 0.0703. The number of hydrogen-bond acceptors (Lipinski definition) is 5. The summed E-state index contributed by atoms with van der Waals surface area (Å²) < 4.78 is 3.31. The topological polar surface area (TPSA) is 90.8 Å². The van der Waals surface area contributed by atoms with Gasteiger partial charge in [0.15, 0.2) is 5.69 Å². The van der Waals surface area contributed by atoms with Crippen molar-refractivity contribution in [3.8, 4) is 5.69 Å². The van der Waals surface area contributed by atoms with Crippen LogP contribution in [0.2, 0.25) is 0 Å². The summed E-state index contributed by atoms with van der Waals surface area (Å²) in [4.78, 5) is 29.2. The van der Waals surface area contributed by atoms with Crippen molar-refractivity contribution in [2.24, 2.45) is 0 Å².